The van der Waals surface area contributed by atoms with Crippen molar-refractivity contribution < 1.29 is 9.90 Å². The van der Waals surface area contributed by atoms with Crippen molar-refractivity contribution in [3.8, 4) is 11.8 Å². The average molecular weight is 289 g/mol. The van der Waals surface area contributed by atoms with E-state index in [0.717, 1.165) is 16.1 Å². The number of amides is 1. The number of rotatable bonds is 3. The molecule has 0 aliphatic heterocycles. The Morgan fingerprint density at radius 2 is 2.40 bits per heavy atom. The van der Waals surface area contributed by atoms with Crippen LogP contribution in [0.2, 0.25) is 0 Å². The number of nitrogens with zero attached hydrogens (tertiary/aromatic N) is 2. The second-order valence-corrected chi connectivity index (χ2v) is 5.17. The normalized spacial score (nSPS) is 9.95. The minimum Gasteiger partial charge on any atom is -0.384 e. The van der Waals surface area contributed by atoms with Gasteiger partial charge in [0, 0.05) is 23.2 Å². The van der Waals surface area contributed by atoms with Gasteiger partial charge in [0.15, 0.2) is 0 Å². The molecule has 0 aliphatic carbocycles. The summed E-state index contributed by atoms with van der Waals surface area (Å²) in [6, 6.07) is 1.88. The van der Waals surface area contributed by atoms with Crippen molar-refractivity contribution in [2.45, 2.75) is 13.5 Å². The maximum atomic E-state index is 12.1. The Morgan fingerprint density at radius 3 is 3.05 bits per heavy atom. The number of thiophene rings is 1. The Hall–Kier alpha value is -2.10. The number of aromatic nitrogens is 2. The van der Waals surface area contributed by atoms with Gasteiger partial charge in [-0.15, -0.1) is 11.3 Å². The van der Waals surface area contributed by atoms with Gasteiger partial charge in [-0.05, 0) is 18.4 Å². The fraction of sp³-hybridized carbons (Fsp3) is 0.286. The zero-order valence-electron chi connectivity index (χ0n) is 11.3. The summed E-state index contributed by atoms with van der Waals surface area (Å²) in [6.07, 6.45) is 1.56. The molecular formula is C14H15N3O2S. The molecule has 2 heterocycles. The Morgan fingerprint density at radius 1 is 1.60 bits per heavy atom. The summed E-state index contributed by atoms with van der Waals surface area (Å²) in [6.45, 7) is 2.10. The van der Waals surface area contributed by atoms with E-state index in [4.69, 9.17) is 5.11 Å². The van der Waals surface area contributed by atoms with Crippen molar-refractivity contribution in [1.29, 1.82) is 0 Å². The quantitative estimate of drug-likeness (QED) is 0.830. The largest absolute Gasteiger partial charge is 0.384 e. The number of carbonyl (C=O) groups excluding carboxylic acids is 1. The van der Waals surface area contributed by atoms with E-state index in [1.165, 1.54) is 11.3 Å². The molecular weight excluding hydrogens is 274 g/mol. The van der Waals surface area contributed by atoms with E-state index in [1.807, 2.05) is 18.4 Å². The van der Waals surface area contributed by atoms with E-state index < -0.39 is 0 Å². The van der Waals surface area contributed by atoms with Crippen LogP contribution in [0.5, 0.6) is 0 Å². The molecule has 2 N–H and O–H groups in total. The maximum Gasteiger partial charge on any atom is 0.255 e. The molecule has 0 fully saturated rings. The molecule has 20 heavy (non-hydrogen) atoms. The number of aliphatic hydroxyl groups excluding tert-OH is 1. The standard InChI is InChI=1S/C14H15N3O2S/c1-10-12(8-16-17(10)2)14(19)15-9-13-11(4-3-6-18)5-7-20-13/h5,7-8,18H,6,9H2,1-2H3,(H,15,19). The van der Waals surface area contributed by atoms with Gasteiger partial charge in [-0.2, -0.15) is 5.10 Å². The lowest BCUT2D eigenvalue weighted by Gasteiger charge is -2.04. The van der Waals surface area contributed by atoms with Crippen LogP contribution in [0.25, 0.3) is 0 Å². The molecule has 1 amide bonds. The van der Waals surface area contributed by atoms with Crippen LogP contribution >= 0.6 is 11.3 Å². The van der Waals surface area contributed by atoms with E-state index in [2.05, 4.69) is 22.3 Å². The summed E-state index contributed by atoms with van der Waals surface area (Å²) in [5.41, 5.74) is 2.24. The molecule has 0 atom stereocenters. The molecule has 0 saturated carbocycles. The lowest BCUT2D eigenvalue weighted by atomic mass is 10.2. The first kappa shape index (κ1) is 14.3. The number of aliphatic hydroxyl groups is 1. The third-order valence-corrected chi connectivity index (χ3v) is 3.86. The SMILES string of the molecule is Cc1c(C(=O)NCc2sccc2C#CCO)cnn1C. The summed E-state index contributed by atoms with van der Waals surface area (Å²) in [5.74, 6) is 5.33. The van der Waals surface area contributed by atoms with Crippen molar-refractivity contribution in [3.63, 3.8) is 0 Å². The number of aryl methyl sites for hydroxylation is 1. The van der Waals surface area contributed by atoms with Crippen molar-refractivity contribution in [3.05, 3.63) is 39.3 Å². The van der Waals surface area contributed by atoms with Gasteiger partial charge in [0.2, 0.25) is 0 Å². The molecule has 0 saturated heterocycles. The molecule has 2 rings (SSSR count). The van der Waals surface area contributed by atoms with E-state index in [0.29, 0.717) is 12.1 Å². The molecule has 0 spiro atoms. The first-order valence-electron chi connectivity index (χ1n) is 6.06. The molecule has 0 radical (unpaired) electrons. The highest BCUT2D eigenvalue weighted by Crippen LogP contribution is 2.16. The fourth-order valence-corrected chi connectivity index (χ4v) is 2.47. The van der Waals surface area contributed by atoms with Gasteiger partial charge in [0.05, 0.1) is 18.3 Å². The van der Waals surface area contributed by atoms with Crippen LogP contribution in [-0.4, -0.2) is 27.4 Å². The molecule has 5 nitrogen and oxygen atoms in total. The molecule has 0 unspecified atom stereocenters. The number of carbonyl (C=O) groups is 1. The summed E-state index contributed by atoms with van der Waals surface area (Å²) in [5, 5.41) is 17.5. The zero-order chi connectivity index (χ0) is 14.5. The van der Waals surface area contributed by atoms with Gasteiger partial charge in [0.1, 0.15) is 6.61 Å². The monoisotopic (exact) mass is 289 g/mol. The van der Waals surface area contributed by atoms with Crippen molar-refractivity contribution >= 4 is 17.2 Å². The number of hydrogen-bond donors (Lipinski definition) is 2. The highest BCUT2D eigenvalue weighted by Gasteiger charge is 2.13. The smallest absolute Gasteiger partial charge is 0.255 e. The van der Waals surface area contributed by atoms with Crippen LogP contribution in [0.15, 0.2) is 17.6 Å². The third-order valence-electron chi connectivity index (χ3n) is 2.94. The first-order chi connectivity index (χ1) is 9.63. The van der Waals surface area contributed by atoms with Gasteiger partial charge in [-0.3, -0.25) is 9.48 Å². The average Bonchev–Trinajstić information content (AvgIpc) is 3.02. The van der Waals surface area contributed by atoms with E-state index in [-0.39, 0.29) is 12.5 Å². The summed E-state index contributed by atoms with van der Waals surface area (Å²) in [4.78, 5) is 13.0. The Labute approximate surface area is 121 Å². The Kier molecular flexibility index (Phi) is 4.56. The lowest BCUT2D eigenvalue weighted by molar-refractivity contribution is 0.0950. The second kappa shape index (κ2) is 6.37. The minimum atomic E-state index is -0.170. The molecule has 2 aromatic rings. The predicted octanol–water partition coefficient (Wildman–Crippen LogP) is 1.06. The van der Waals surface area contributed by atoms with Crippen molar-refractivity contribution in [1.82, 2.24) is 15.1 Å². The fourth-order valence-electron chi connectivity index (χ4n) is 1.70. The first-order valence-corrected chi connectivity index (χ1v) is 6.94. The van der Waals surface area contributed by atoms with E-state index >= 15 is 0 Å². The van der Waals surface area contributed by atoms with Crippen molar-refractivity contribution in [2.75, 3.05) is 6.61 Å². The van der Waals surface area contributed by atoms with E-state index in [1.54, 1.807) is 17.9 Å². The van der Waals surface area contributed by atoms with Gasteiger partial charge in [-0.1, -0.05) is 11.8 Å². The van der Waals surface area contributed by atoms with Gasteiger partial charge >= 0.3 is 0 Å². The Balaban J connectivity index is 2.04. The summed E-state index contributed by atoms with van der Waals surface area (Å²) >= 11 is 1.53. The molecule has 6 heteroatoms. The second-order valence-electron chi connectivity index (χ2n) is 4.17. The Bertz CT molecular complexity index is 676. The van der Waals surface area contributed by atoms with Crippen LogP contribution in [0.3, 0.4) is 0 Å². The lowest BCUT2D eigenvalue weighted by Crippen LogP contribution is -2.23. The molecule has 104 valence electrons. The van der Waals surface area contributed by atoms with Gasteiger partial charge in [-0.25, -0.2) is 0 Å². The predicted molar refractivity (Wildman–Crippen MR) is 77.4 cm³/mol. The summed E-state index contributed by atoms with van der Waals surface area (Å²) in [7, 11) is 1.80. The zero-order valence-corrected chi connectivity index (χ0v) is 12.1. The molecule has 2 aromatic heterocycles. The van der Waals surface area contributed by atoms with Crippen LogP contribution in [0, 0.1) is 18.8 Å². The van der Waals surface area contributed by atoms with Gasteiger partial charge in [0.25, 0.3) is 5.91 Å². The van der Waals surface area contributed by atoms with Crippen LogP contribution < -0.4 is 5.32 Å². The highest BCUT2D eigenvalue weighted by atomic mass is 32.1. The summed E-state index contributed by atoms with van der Waals surface area (Å²) < 4.78 is 1.66. The van der Waals surface area contributed by atoms with Crippen LogP contribution in [-0.2, 0) is 13.6 Å². The van der Waals surface area contributed by atoms with Crippen molar-refractivity contribution in [2.24, 2.45) is 7.05 Å². The van der Waals surface area contributed by atoms with E-state index in [9.17, 15) is 4.79 Å². The minimum absolute atomic E-state index is 0.148. The number of hydrogen-bond acceptors (Lipinski definition) is 4. The maximum absolute atomic E-state index is 12.1. The van der Waals surface area contributed by atoms with Gasteiger partial charge < -0.3 is 10.4 Å². The topological polar surface area (TPSA) is 67.2 Å². The van der Waals surface area contributed by atoms with Crippen LogP contribution in [0.1, 0.15) is 26.5 Å². The third kappa shape index (κ3) is 3.07. The number of nitrogens with one attached hydrogen (secondary N) is 1. The molecule has 0 aliphatic rings. The van der Waals surface area contributed by atoms with Crippen LogP contribution in [0.4, 0.5) is 0 Å². The highest BCUT2D eigenvalue weighted by molar-refractivity contribution is 7.10. The molecule has 0 bridgehead atoms. The molecule has 0 aromatic carbocycles.